The van der Waals surface area contributed by atoms with Gasteiger partial charge in [0.05, 0.1) is 5.56 Å². The van der Waals surface area contributed by atoms with Crippen molar-refractivity contribution in [1.82, 2.24) is 4.98 Å². The summed E-state index contributed by atoms with van der Waals surface area (Å²) in [5.41, 5.74) is 9.41. The van der Waals surface area contributed by atoms with Gasteiger partial charge in [0, 0.05) is 28.2 Å². The van der Waals surface area contributed by atoms with Gasteiger partial charge < -0.3 is 11.1 Å². The van der Waals surface area contributed by atoms with Crippen LogP contribution in [0.25, 0.3) is 0 Å². The molecule has 1 aromatic heterocycles. The van der Waals surface area contributed by atoms with E-state index in [0.717, 1.165) is 21.3 Å². The largest absolute Gasteiger partial charge is 0.398 e. The molecule has 0 unspecified atom stereocenters. The number of rotatable bonds is 2. The number of pyridine rings is 1. The summed E-state index contributed by atoms with van der Waals surface area (Å²) in [4.78, 5) is 16.0. The Morgan fingerprint density at radius 3 is 2.53 bits per heavy atom. The maximum atomic E-state index is 12.1. The molecule has 1 heterocycles. The summed E-state index contributed by atoms with van der Waals surface area (Å²) in [5, 5.41) is 2.83. The van der Waals surface area contributed by atoms with Gasteiger partial charge in [-0.25, -0.2) is 0 Å². The third-order valence-electron chi connectivity index (χ3n) is 2.79. The SMILES string of the molecule is Cc1cc(NC(=O)c2cnccc2N)cc(C)c1Br. The third kappa shape index (κ3) is 2.93. The number of halogens is 1. The summed E-state index contributed by atoms with van der Waals surface area (Å²) in [7, 11) is 0. The molecular weight excluding hydrogens is 306 g/mol. The van der Waals surface area contributed by atoms with Crippen LogP contribution in [0.4, 0.5) is 11.4 Å². The fourth-order valence-corrected chi connectivity index (χ4v) is 2.04. The van der Waals surface area contributed by atoms with Gasteiger partial charge in [-0.15, -0.1) is 0 Å². The molecule has 1 amide bonds. The maximum Gasteiger partial charge on any atom is 0.259 e. The number of nitrogen functional groups attached to an aromatic ring is 1. The van der Waals surface area contributed by atoms with E-state index < -0.39 is 0 Å². The number of amides is 1. The zero-order chi connectivity index (χ0) is 14.0. The lowest BCUT2D eigenvalue weighted by Crippen LogP contribution is -2.14. The molecule has 0 saturated carbocycles. The Labute approximate surface area is 120 Å². The van der Waals surface area contributed by atoms with Crippen molar-refractivity contribution in [2.24, 2.45) is 0 Å². The molecule has 5 heteroatoms. The van der Waals surface area contributed by atoms with Crippen LogP contribution in [0.1, 0.15) is 21.5 Å². The number of nitrogens with one attached hydrogen (secondary N) is 1. The Balaban J connectivity index is 2.27. The highest BCUT2D eigenvalue weighted by atomic mass is 79.9. The van der Waals surface area contributed by atoms with E-state index >= 15 is 0 Å². The van der Waals surface area contributed by atoms with E-state index in [2.05, 4.69) is 26.2 Å². The van der Waals surface area contributed by atoms with E-state index in [9.17, 15) is 4.79 Å². The monoisotopic (exact) mass is 319 g/mol. The number of carbonyl (C=O) groups excluding carboxylic acids is 1. The van der Waals surface area contributed by atoms with Crippen molar-refractivity contribution in [3.63, 3.8) is 0 Å². The second kappa shape index (κ2) is 5.40. The molecule has 98 valence electrons. The minimum Gasteiger partial charge on any atom is -0.398 e. The number of hydrogen-bond donors (Lipinski definition) is 2. The van der Waals surface area contributed by atoms with Gasteiger partial charge in [0.2, 0.25) is 0 Å². The Bertz CT molecular complexity index is 617. The highest BCUT2D eigenvalue weighted by Gasteiger charge is 2.11. The average molecular weight is 320 g/mol. The summed E-state index contributed by atoms with van der Waals surface area (Å²) in [5.74, 6) is -0.258. The standard InChI is InChI=1S/C14H14BrN3O/c1-8-5-10(6-9(2)13(8)15)18-14(19)11-7-17-4-3-12(11)16/h3-7H,1-2H3,(H2,16,17)(H,18,19). The van der Waals surface area contributed by atoms with Crippen molar-refractivity contribution in [2.75, 3.05) is 11.1 Å². The number of nitrogens with zero attached hydrogens (tertiary/aromatic N) is 1. The van der Waals surface area contributed by atoms with Gasteiger partial charge in [0.25, 0.3) is 5.91 Å². The average Bonchev–Trinajstić information content (AvgIpc) is 2.36. The Morgan fingerprint density at radius 2 is 1.95 bits per heavy atom. The first kappa shape index (κ1) is 13.5. The predicted molar refractivity (Wildman–Crippen MR) is 80.2 cm³/mol. The van der Waals surface area contributed by atoms with Crippen molar-refractivity contribution in [1.29, 1.82) is 0 Å². The topological polar surface area (TPSA) is 68.0 Å². The van der Waals surface area contributed by atoms with Crippen molar-refractivity contribution >= 4 is 33.2 Å². The van der Waals surface area contributed by atoms with E-state index in [-0.39, 0.29) is 5.91 Å². The molecule has 2 rings (SSSR count). The van der Waals surface area contributed by atoms with Crippen LogP contribution in [-0.2, 0) is 0 Å². The molecule has 0 radical (unpaired) electrons. The number of aryl methyl sites for hydroxylation is 2. The second-order valence-electron chi connectivity index (χ2n) is 4.34. The molecule has 0 aliphatic carbocycles. The summed E-state index contributed by atoms with van der Waals surface area (Å²) in [6, 6.07) is 5.41. The molecule has 19 heavy (non-hydrogen) atoms. The third-order valence-corrected chi connectivity index (χ3v) is 4.04. The first-order chi connectivity index (χ1) is 8.99. The lowest BCUT2D eigenvalue weighted by Gasteiger charge is -2.10. The number of anilines is 2. The highest BCUT2D eigenvalue weighted by molar-refractivity contribution is 9.10. The fourth-order valence-electron chi connectivity index (χ4n) is 1.81. The van der Waals surface area contributed by atoms with E-state index in [1.165, 1.54) is 6.20 Å². The molecule has 0 aliphatic heterocycles. The fraction of sp³-hybridized carbons (Fsp3) is 0.143. The summed E-state index contributed by atoms with van der Waals surface area (Å²) in [6.07, 6.45) is 3.02. The van der Waals surface area contributed by atoms with Gasteiger partial charge in [-0.3, -0.25) is 9.78 Å². The second-order valence-corrected chi connectivity index (χ2v) is 5.13. The normalized spacial score (nSPS) is 10.3. The van der Waals surface area contributed by atoms with Crippen LogP contribution < -0.4 is 11.1 Å². The molecule has 0 fully saturated rings. The molecular formula is C14H14BrN3O. The van der Waals surface area contributed by atoms with Gasteiger partial charge in [-0.2, -0.15) is 0 Å². The number of benzene rings is 1. The minimum atomic E-state index is -0.258. The van der Waals surface area contributed by atoms with Crippen molar-refractivity contribution in [3.05, 3.63) is 51.8 Å². The van der Waals surface area contributed by atoms with Gasteiger partial charge in [-0.05, 0) is 43.2 Å². The van der Waals surface area contributed by atoms with E-state index in [1.54, 1.807) is 12.3 Å². The van der Waals surface area contributed by atoms with Gasteiger partial charge in [0.15, 0.2) is 0 Å². The minimum absolute atomic E-state index is 0.258. The lowest BCUT2D eigenvalue weighted by molar-refractivity contribution is 0.102. The zero-order valence-corrected chi connectivity index (χ0v) is 12.3. The first-order valence-electron chi connectivity index (χ1n) is 5.76. The van der Waals surface area contributed by atoms with Crippen LogP contribution in [0.15, 0.2) is 35.1 Å². The smallest absolute Gasteiger partial charge is 0.259 e. The van der Waals surface area contributed by atoms with Crippen LogP contribution in [0, 0.1) is 13.8 Å². The van der Waals surface area contributed by atoms with E-state index in [4.69, 9.17) is 5.73 Å². The summed E-state index contributed by atoms with van der Waals surface area (Å²) in [6.45, 7) is 3.95. The molecule has 0 bridgehead atoms. The van der Waals surface area contributed by atoms with Crippen LogP contribution in [0.3, 0.4) is 0 Å². The molecule has 0 atom stereocenters. The number of nitrogens with two attached hydrogens (primary N) is 1. The van der Waals surface area contributed by atoms with Gasteiger partial charge in [0.1, 0.15) is 0 Å². The predicted octanol–water partition coefficient (Wildman–Crippen LogP) is 3.30. The molecule has 3 N–H and O–H groups in total. The first-order valence-corrected chi connectivity index (χ1v) is 6.56. The number of hydrogen-bond acceptors (Lipinski definition) is 3. The molecule has 4 nitrogen and oxygen atoms in total. The van der Waals surface area contributed by atoms with E-state index in [0.29, 0.717) is 11.3 Å². The van der Waals surface area contributed by atoms with Crippen LogP contribution in [-0.4, -0.2) is 10.9 Å². The van der Waals surface area contributed by atoms with Crippen LogP contribution >= 0.6 is 15.9 Å². The molecule has 1 aromatic carbocycles. The van der Waals surface area contributed by atoms with Gasteiger partial charge in [-0.1, -0.05) is 15.9 Å². The molecule has 0 saturated heterocycles. The van der Waals surface area contributed by atoms with Crippen molar-refractivity contribution in [2.45, 2.75) is 13.8 Å². The van der Waals surface area contributed by atoms with Crippen LogP contribution in [0.5, 0.6) is 0 Å². The maximum absolute atomic E-state index is 12.1. The number of carbonyl (C=O) groups is 1. The Hall–Kier alpha value is -1.88. The van der Waals surface area contributed by atoms with Gasteiger partial charge >= 0.3 is 0 Å². The summed E-state index contributed by atoms with van der Waals surface area (Å²) < 4.78 is 1.05. The zero-order valence-electron chi connectivity index (χ0n) is 10.7. The van der Waals surface area contributed by atoms with E-state index in [1.807, 2.05) is 26.0 Å². The lowest BCUT2D eigenvalue weighted by atomic mass is 10.1. The Kier molecular flexibility index (Phi) is 3.85. The Morgan fingerprint density at radius 1 is 1.32 bits per heavy atom. The quantitative estimate of drug-likeness (QED) is 0.892. The number of aromatic nitrogens is 1. The highest BCUT2D eigenvalue weighted by Crippen LogP contribution is 2.25. The molecule has 0 aliphatic rings. The summed E-state index contributed by atoms with van der Waals surface area (Å²) >= 11 is 3.49. The van der Waals surface area contributed by atoms with Crippen molar-refractivity contribution < 1.29 is 4.79 Å². The van der Waals surface area contributed by atoms with Crippen molar-refractivity contribution in [3.8, 4) is 0 Å². The molecule has 2 aromatic rings. The van der Waals surface area contributed by atoms with Crippen LogP contribution in [0.2, 0.25) is 0 Å². The molecule has 0 spiro atoms.